The minimum atomic E-state index is -0.0624. The highest BCUT2D eigenvalue weighted by Crippen LogP contribution is 2.30. The van der Waals surface area contributed by atoms with Crippen LogP contribution in [0.4, 0.5) is 0 Å². The zero-order chi connectivity index (χ0) is 13.4. The second kappa shape index (κ2) is 4.57. The van der Waals surface area contributed by atoms with Crippen molar-refractivity contribution in [2.75, 3.05) is 13.1 Å². The van der Waals surface area contributed by atoms with Gasteiger partial charge in [0.05, 0.1) is 5.56 Å². The largest absolute Gasteiger partial charge is 0.506 e. The first-order valence-electron chi connectivity index (χ1n) is 6.67. The Balaban J connectivity index is 2.01. The molecule has 1 fully saturated rings. The molecule has 1 heterocycles. The maximum Gasteiger partial charge on any atom is 0.257 e. The number of phenols is 1. The molecule has 98 valence electrons. The first kappa shape index (κ1) is 12.0. The molecule has 2 aromatic carbocycles. The van der Waals surface area contributed by atoms with Gasteiger partial charge in [0, 0.05) is 18.5 Å². The van der Waals surface area contributed by atoms with E-state index in [2.05, 4.69) is 6.92 Å². The summed E-state index contributed by atoms with van der Waals surface area (Å²) in [7, 11) is 0. The fourth-order valence-corrected chi connectivity index (χ4v) is 2.72. The predicted octanol–water partition coefficient (Wildman–Crippen LogP) is 3.03. The van der Waals surface area contributed by atoms with Gasteiger partial charge in [-0.25, -0.2) is 0 Å². The van der Waals surface area contributed by atoms with Gasteiger partial charge in [-0.15, -0.1) is 0 Å². The second-order valence-corrected chi connectivity index (χ2v) is 5.33. The number of phenolic OH excluding ortho intramolecular Hbond substituents is 1. The van der Waals surface area contributed by atoms with Crippen molar-refractivity contribution >= 4 is 16.7 Å². The minimum absolute atomic E-state index is 0.0624. The molecule has 3 rings (SSSR count). The SMILES string of the molecule is CC1CCN(C(=O)c2ccc3ccccc3c2O)C1. The van der Waals surface area contributed by atoms with E-state index in [1.165, 1.54) is 0 Å². The molecule has 1 saturated heterocycles. The maximum absolute atomic E-state index is 12.4. The number of benzene rings is 2. The first-order chi connectivity index (χ1) is 9.16. The fraction of sp³-hybridized carbons (Fsp3) is 0.312. The molecule has 1 atom stereocenters. The maximum atomic E-state index is 12.4. The van der Waals surface area contributed by atoms with Crippen LogP contribution in [0.5, 0.6) is 5.75 Å². The summed E-state index contributed by atoms with van der Waals surface area (Å²) in [5.74, 6) is 0.585. The van der Waals surface area contributed by atoms with E-state index < -0.39 is 0 Å². The summed E-state index contributed by atoms with van der Waals surface area (Å²) in [6, 6.07) is 11.2. The topological polar surface area (TPSA) is 40.5 Å². The summed E-state index contributed by atoms with van der Waals surface area (Å²) >= 11 is 0. The first-order valence-corrected chi connectivity index (χ1v) is 6.67. The van der Waals surface area contributed by atoms with Crippen LogP contribution in [0.15, 0.2) is 36.4 Å². The van der Waals surface area contributed by atoms with E-state index in [4.69, 9.17) is 0 Å². The summed E-state index contributed by atoms with van der Waals surface area (Å²) in [6.07, 6.45) is 1.04. The number of fused-ring (bicyclic) bond motifs is 1. The standard InChI is InChI=1S/C16H17NO2/c1-11-8-9-17(10-11)16(19)14-7-6-12-4-2-3-5-13(12)15(14)18/h2-7,11,18H,8-10H2,1H3. The van der Waals surface area contributed by atoms with E-state index in [1.54, 1.807) is 6.07 Å². The minimum Gasteiger partial charge on any atom is -0.506 e. The molecule has 3 nitrogen and oxygen atoms in total. The molecule has 0 bridgehead atoms. The van der Waals surface area contributed by atoms with E-state index in [1.807, 2.05) is 35.2 Å². The van der Waals surface area contributed by atoms with Gasteiger partial charge in [-0.3, -0.25) is 4.79 Å². The third-order valence-electron chi connectivity index (χ3n) is 3.84. The molecule has 1 N–H and O–H groups in total. The smallest absolute Gasteiger partial charge is 0.257 e. The Hall–Kier alpha value is -2.03. The van der Waals surface area contributed by atoms with Gasteiger partial charge in [0.1, 0.15) is 5.75 Å². The van der Waals surface area contributed by atoms with Crippen LogP contribution in [0.2, 0.25) is 0 Å². The highest BCUT2D eigenvalue weighted by atomic mass is 16.3. The van der Waals surface area contributed by atoms with Crippen molar-refractivity contribution in [3.8, 4) is 5.75 Å². The van der Waals surface area contributed by atoms with Crippen LogP contribution in [-0.4, -0.2) is 29.0 Å². The summed E-state index contributed by atoms with van der Waals surface area (Å²) in [5.41, 5.74) is 0.410. The average Bonchev–Trinajstić information content (AvgIpc) is 2.85. The molecule has 1 amide bonds. The number of aromatic hydroxyl groups is 1. The number of hydrogen-bond donors (Lipinski definition) is 1. The summed E-state index contributed by atoms with van der Waals surface area (Å²) in [5, 5.41) is 12.0. The number of carbonyl (C=O) groups excluding carboxylic acids is 1. The van der Waals surface area contributed by atoms with Gasteiger partial charge in [0.15, 0.2) is 0 Å². The van der Waals surface area contributed by atoms with Crippen LogP contribution < -0.4 is 0 Å². The Morgan fingerprint density at radius 2 is 2.05 bits per heavy atom. The molecular weight excluding hydrogens is 238 g/mol. The van der Waals surface area contributed by atoms with Gasteiger partial charge in [-0.1, -0.05) is 37.3 Å². The molecule has 19 heavy (non-hydrogen) atoms. The van der Waals surface area contributed by atoms with E-state index in [9.17, 15) is 9.90 Å². The number of nitrogens with zero attached hydrogens (tertiary/aromatic N) is 1. The summed E-state index contributed by atoms with van der Waals surface area (Å²) in [4.78, 5) is 14.3. The normalized spacial score (nSPS) is 19.0. The average molecular weight is 255 g/mol. The lowest BCUT2D eigenvalue weighted by Crippen LogP contribution is -2.28. The van der Waals surface area contributed by atoms with Crippen molar-refractivity contribution in [3.63, 3.8) is 0 Å². The molecule has 1 unspecified atom stereocenters. The van der Waals surface area contributed by atoms with Gasteiger partial charge in [0.25, 0.3) is 5.91 Å². The van der Waals surface area contributed by atoms with Gasteiger partial charge in [0.2, 0.25) is 0 Å². The number of rotatable bonds is 1. The van der Waals surface area contributed by atoms with Gasteiger partial charge in [-0.2, -0.15) is 0 Å². The Labute approximate surface area is 112 Å². The van der Waals surface area contributed by atoms with Crippen LogP contribution in [0.25, 0.3) is 10.8 Å². The van der Waals surface area contributed by atoms with Crippen molar-refractivity contribution in [1.82, 2.24) is 4.90 Å². The third kappa shape index (κ3) is 2.05. The van der Waals surface area contributed by atoms with Gasteiger partial charge in [-0.05, 0) is 23.8 Å². The highest BCUT2D eigenvalue weighted by molar-refractivity contribution is 6.03. The van der Waals surface area contributed by atoms with Crippen molar-refractivity contribution < 1.29 is 9.90 Å². The van der Waals surface area contributed by atoms with Crippen molar-refractivity contribution in [2.24, 2.45) is 5.92 Å². The van der Waals surface area contributed by atoms with E-state index in [0.29, 0.717) is 11.5 Å². The van der Waals surface area contributed by atoms with E-state index in [0.717, 1.165) is 30.3 Å². The Bertz CT molecular complexity index is 636. The molecule has 0 aliphatic carbocycles. The van der Waals surface area contributed by atoms with Crippen LogP contribution in [-0.2, 0) is 0 Å². The molecule has 0 spiro atoms. The number of carbonyl (C=O) groups is 1. The lowest BCUT2D eigenvalue weighted by molar-refractivity contribution is 0.0785. The van der Waals surface area contributed by atoms with Crippen LogP contribution in [0, 0.1) is 5.92 Å². The molecule has 0 radical (unpaired) electrons. The summed E-state index contributed by atoms with van der Waals surface area (Å²) in [6.45, 7) is 3.71. The lowest BCUT2D eigenvalue weighted by atomic mass is 10.0. The molecular formula is C16H17NO2. The molecule has 0 aromatic heterocycles. The number of amides is 1. The Kier molecular flexibility index (Phi) is 2.90. The third-order valence-corrected chi connectivity index (χ3v) is 3.84. The quantitative estimate of drug-likeness (QED) is 0.851. The van der Waals surface area contributed by atoms with Crippen molar-refractivity contribution in [1.29, 1.82) is 0 Å². The number of likely N-dealkylation sites (tertiary alicyclic amines) is 1. The molecule has 1 aliphatic rings. The summed E-state index contributed by atoms with van der Waals surface area (Å²) < 4.78 is 0. The number of hydrogen-bond acceptors (Lipinski definition) is 2. The fourth-order valence-electron chi connectivity index (χ4n) is 2.72. The van der Waals surface area contributed by atoms with Crippen LogP contribution in [0.1, 0.15) is 23.7 Å². The van der Waals surface area contributed by atoms with Crippen LogP contribution in [0.3, 0.4) is 0 Å². The Morgan fingerprint density at radius 1 is 1.26 bits per heavy atom. The highest BCUT2D eigenvalue weighted by Gasteiger charge is 2.26. The van der Waals surface area contributed by atoms with Gasteiger partial charge >= 0.3 is 0 Å². The predicted molar refractivity (Wildman–Crippen MR) is 75.3 cm³/mol. The van der Waals surface area contributed by atoms with Crippen molar-refractivity contribution in [3.05, 3.63) is 42.0 Å². The van der Waals surface area contributed by atoms with Crippen molar-refractivity contribution in [2.45, 2.75) is 13.3 Å². The molecule has 2 aromatic rings. The van der Waals surface area contributed by atoms with Gasteiger partial charge < -0.3 is 10.0 Å². The second-order valence-electron chi connectivity index (χ2n) is 5.33. The molecule has 1 aliphatic heterocycles. The monoisotopic (exact) mass is 255 g/mol. The lowest BCUT2D eigenvalue weighted by Gasteiger charge is -2.17. The van der Waals surface area contributed by atoms with E-state index in [-0.39, 0.29) is 11.7 Å². The zero-order valence-electron chi connectivity index (χ0n) is 11.0. The zero-order valence-corrected chi connectivity index (χ0v) is 11.0. The Morgan fingerprint density at radius 3 is 2.79 bits per heavy atom. The molecule has 3 heteroatoms. The van der Waals surface area contributed by atoms with E-state index >= 15 is 0 Å². The molecule has 0 saturated carbocycles. The van der Waals surface area contributed by atoms with Crippen LogP contribution >= 0.6 is 0 Å².